The van der Waals surface area contributed by atoms with Crippen molar-refractivity contribution in [1.82, 2.24) is 10.2 Å². The number of nitrogens with one attached hydrogen (secondary N) is 1. The average molecular weight is 396 g/mol. The summed E-state index contributed by atoms with van der Waals surface area (Å²) in [5, 5.41) is 2.85. The largest absolute Gasteiger partial charge is 0.352 e. The van der Waals surface area contributed by atoms with Crippen molar-refractivity contribution in [3.63, 3.8) is 0 Å². The van der Waals surface area contributed by atoms with Gasteiger partial charge in [0.15, 0.2) is 0 Å². The molecule has 1 saturated heterocycles. The van der Waals surface area contributed by atoms with E-state index < -0.39 is 0 Å². The molecule has 0 saturated carbocycles. The lowest BCUT2D eigenvalue weighted by Gasteiger charge is -2.42. The highest BCUT2D eigenvalue weighted by Crippen LogP contribution is 2.28. The number of halogens is 1. The summed E-state index contributed by atoms with van der Waals surface area (Å²) in [7, 11) is 0. The Labute approximate surface area is 169 Å². The second-order valence-electron chi connectivity index (χ2n) is 9.03. The number of hydrogen-bond donors (Lipinski definition) is 2. The zero-order valence-electron chi connectivity index (χ0n) is 17.2. The number of nitrogens with zero attached hydrogens (tertiary/aromatic N) is 1. The third-order valence-corrected chi connectivity index (χ3v) is 5.30. The maximum absolute atomic E-state index is 12.4. The maximum atomic E-state index is 12.4. The van der Waals surface area contributed by atoms with Crippen LogP contribution < -0.4 is 11.1 Å². The summed E-state index contributed by atoms with van der Waals surface area (Å²) in [4.78, 5) is 26.5. The van der Waals surface area contributed by atoms with E-state index in [2.05, 4.69) is 39.9 Å². The number of piperidine rings is 1. The summed E-state index contributed by atoms with van der Waals surface area (Å²) in [5.74, 6) is -0.0624. The van der Waals surface area contributed by atoms with Crippen molar-refractivity contribution < 1.29 is 9.59 Å². The van der Waals surface area contributed by atoms with Crippen LogP contribution >= 0.6 is 12.4 Å². The van der Waals surface area contributed by atoms with Crippen molar-refractivity contribution >= 4 is 24.2 Å². The number of carbonyl (C=O) groups is 2. The maximum Gasteiger partial charge on any atom is 0.251 e. The number of nitrogens with two attached hydrogens (primary N) is 1. The molecule has 1 unspecified atom stereocenters. The van der Waals surface area contributed by atoms with Gasteiger partial charge in [0.2, 0.25) is 5.91 Å². The molecule has 0 bridgehead atoms. The minimum absolute atomic E-state index is 0. The molecule has 0 aromatic heterocycles. The number of benzene rings is 1. The predicted octanol–water partition coefficient (Wildman–Crippen LogP) is 3.11. The van der Waals surface area contributed by atoms with E-state index in [9.17, 15) is 9.59 Å². The lowest BCUT2D eigenvalue weighted by Crippen LogP contribution is -2.54. The third-order valence-electron chi connectivity index (χ3n) is 5.30. The van der Waals surface area contributed by atoms with E-state index in [1.54, 1.807) is 0 Å². The van der Waals surface area contributed by atoms with E-state index in [1.165, 1.54) is 5.56 Å². The van der Waals surface area contributed by atoms with Crippen molar-refractivity contribution in [2.24, 2.45) is 11.1 Å². The zero-order chi connectivity index (χ0) is 19.5. The molecule has 27 heavy (non-hydrogen) atoms. The first kappa shape index (κ1) is 23.4. The monoisotopic (exact) mass is 395 g/mol. The van der Waals surface area contributed by atoms with E-state index in [-0.39, 0.29) is 41.1 Å². The molecule has 0 aliphatic carbocycles. The number of amides is 2. The Hall–Kier alpha value is -1.59. The van der Waals surface area contributed by atoms with Gasteiger partial charge in [0.1, 0.15) is 0 Å². The standard InChI is InChI=1S/C21H33N3O2.ClH/c1-20(2,3)16-8-6-15(7-9-16)19(26)23-12-10-18(25)24-13-11-17(22)21(4,5)14-24;/h6-9,17H,10-14,22H2,1-5H3,(H,23,26);1H. The molecule has 1 aliphatic heterocycles. The minimum atomic E-state index is -0.140. The van der Waals surface area contributed by atoms with Crippen LogP contribution in [0.5, 0.6) is 0 Å². The Morgan fingerprint density at radius 1 is 1.22 bits per heavy atom. The van der Waals surface area contributed by atoms with Gasteiger partial charge in [-0.25, -0.2) is 0 Å². The van der Waals surface area contributed by atoms with Crippen molar-refractivity contribution in [2.75, 3.05) is 19.6 Å². The van der Waals surface area contributed by atoms with Crippen LogP contribution in [0.1, 0.15) is 63.4 Å². The summed E-state index contributed by atoms with van der Waals surface area (Å²) in [6.45, 7) is 12.3. The molecule has 0 spiro atoms. The molecule has 3 N–H and O–H groups in total. The van der Waals surface area contributed by atoms with Crippen LogP contribution in [0.4, 0.5) is 0 Å². The molecule has 152 valence electrons. The summed E-state index contributed by atoms with van der Waals surface area (Å²) in [6.07, 6.45) is 1.14. The van der Waals surface area contributed by atoms with Crippen LogP contribution in [0, 0.1) is 5.41 Å². The van der Waals surface area contributed by atoms with Gasteiger partial charge in [-0.1, -0.05) is 46.8 Å². The van der Waals surface area contributed by atoms with E-state index >= 15 is 0 Å². The van der Waals surface area contributed by atoms with E-state index in [4.69, 9.17) is 5.73 Å². The Bertz CT molecular complexity index is 650. The van der Waals surface area contributed by atoms with Gasteiger partial charge in [-0.3, -0.25) is 9.59 Å². The molecule has 1 fully saturated rings. The van der Waals surface area contributed by atoms with Gasteiger partial charge >= 0.3 is 0 Å². The van der Waals surface area contributed by atoms with Crippen LogP contribution in [-0.2, 0) is 10.2 Å². The predicted molar refractivity (Wildman–Crippen MR) is 112 cm³/mol. The molecule has 6 heteroatoms. The van der Waals surface area contributed by atoms with Crippen LogP contribution in [0.2, 0.25) is 0 Å². The SMILES string of the molecule is CC(C)(C)c1ccc(C(=O)NCCC(=O)N2CCC(N)C(C)(C)C2)cc1.Cl. The minimum Gasteiger partial charge on any atom is -0.352 e. The van der Waals surface area contributed by atoms with Crippen LogP contribution in [0.15, 0.2) is 24.3 Å². The van der Waals surface area contributed by atoms with Crippen LogP contribution in [-0.4, -0.2) is 42.4 Å². The normalized spacial score (nSPS) is 19.2. The van der Waals surface area contributed by atoms with Gasteiger partial charge < -0.3 is 16.0 Å². The quantitative estimate of drug-likeness (QED) is 0.822. The Balaban J connectivity index is 0.00000364. The second-order valence-corrected chi connectivity index (χ2v) is 9.03. The molecule has 2 rings (SSSR count). The fraction of sp³-hybridized carbons (Fsp3) is 0.619. The molecule has 1 aromatic rings. The lowest BCUT2D eigenvalue weighted by atomic mass is 9.79. The number of rotatable bonds is 4. The summed E-state index contributed by atoms with van der Waals surface area (Å²) >= 11 is 0. The smallest absolute Gasteiger partial charge is 0.251 e. The van der Waals surface area contributed by atoms with Crippen molar-refractivity contribution in [1.29, 1.82) is 0 Å². The first-order valence-corrected chi connectivity index (χ1v) is 9.43. The molecule has 1 aliphatic rings. The summed E-state index contributed by atoms with van der Waals surface area (Å²) in [5.41, 5.74) is 7.93. The molecule has 1 aromatic carbocycles. The molecule has 0 radical (unpaired) electrons. The molecule has 5 nitrogen and oxygen atoms in total. The van der Waals surface area contributed by atoms with Gasteiger partial charge in [0.25, 0.3) is 5.91 Å². The number of hydrogen-bond acceptors (Lipinski definition) is 3. The van der Waals surface area contributed by atoms with E-state index in [0.29, 0.717) is 31.6 Å². The van der Waals surface area contributed by atoms with Gasteiger partial charge in [-0.2, -0.15) is 0 Å². The Kier molecular flexibility index (Phi) is 7.87. The van der Waals surface area contributed by atoms with Crippen molar-refractivity contribution in [3.05, 3.63) is 35.4 Å². The van der Waals surface area contributed by atoms with Crippen LogP contribution in [0.25, 0.3) is 0 Å². The van der Waals surface area contributed by atoms with Gasteiger partial charge in [-0.05, 0) is 34.9 Å². The lowest BCUT2D eigenvalue weighted by molar-refractivity contribution is -0.134. The summed E-state index contributed by atoms with van der Waals surface area (Å²) in [6, 6.07) is 7.78. The first-order valence-electron chi connectivity index (χ1n) is 9.43. The fourth-order valence-electron chi connectivity index (χ4n) is 3.25. The van der Waals surface area contributed by atoms with Gasteiger partial charge in [0, 0.05) is 37.7 Å². The van der Waals surface area contributed by atoms with E-state index in [1.807, 2.05) is 29.2 Å². The number of carbonyl (C=O) groups excluding carboxylic acids is 2. The number of likely N-dealkylation sites (tertiary alicyclic amines) is 1. The topological polar surface area (TPSA) is 75.4 Å². The molecule has 1 atom stereocenters. The average Bonchev–Trinajstić information content (AvgIpc) is 2.56. The van der Waals surface area contributed by atoms with Gasteiger partial charge in [0.05, 0.1) is 0 Å². The highest BCUT2D eigenvalue weighted by Gasteiger charge is 2.35. The second kappa shape index (κ2) is 9.07. The molecular weight excluding hydrogens is 362 g/mol. The third kappa shape index (κ3) is 6.22. The summed E-state index contributed by atoms with van der Waals surface area (Å²) < 4.78 is 0. The fourth-order valence-corrected chi connectivity index (χ4v) is 3.25. The first-order chi connectivity index (χ1) is 12.0. The van der Waals surface area contributed by atoms with E-state index in [0.717, 1.165) is 6.42 Å². The molecule has 1 heterocycles. The molecule has 2 amide bonds. The van der Waals surface area contributed by atoms with Crippen LogP contribution in [0.3, 0.4) is 0 Å². The Morgan fingerprint density at radius 3 is 2.33 bits per heavy atom. The van der Waals surface area contributed by atoms with Crippen molar-refractivity contribution in [3.8, 4) is 0 Å². The van der Waals surface area contributed by atoms with Crippen molar-refractivity contribution in [2.45, 2.75) is 58.9 Å². The zero-order valence-corrected chi connectivity index (χ0v) is 18.0. The molecular formula is C21H34ClN3O2. The van der Waals surface area contributed by atoms with Gasteiger partial charge in [-0.15, -0.1) is 12.4 Å². The Morgan fingerprint density at radius 2 is 1.81 bits per heavy atom. The highest BCUT2D eigenvalue weighted by molar-refractivity contribution is 5.94. The highest BCUT2D eigenvalue weighted by atomic mass is 35.5.